The molecule has 1 fully saturated rings. The molecule has 4 heteroatoms. The van der Waals surface area contributed by atoms with Gasteiger partial charge in [-0.05, 0) is 64.0 Å². The van der Waals surface area contributed by atoms with E-state index in [0.717, 1.165) is 18.8 Å². The van der Waals surface area contributed by atoms with Crippen molar-refractivity contribution in [3.05, 3.63) is 29.6 Å². The van der Waals surface area contributed by atoms with E-state index in [1.165, 1.54) is 18.9 Å². The summed E-state index contributed by atoms with van der Waals surface area (Å²) in [5.74, 6) is 0.173. The van der Waals surface area contributed by atoms with Gasteiger partial charge in [0.2, 0.25) is 0 Å². The highest BCUT2D eigenvalue weighted by Crippen LogP contribution is 2.23. The maximum atomic E-state index is 13.2. The number of rotatable bonds is 3. The number of hydrogen-bond acceptors (Lipinski definition) is 3. The number of nitriles is 1. The van der Waals surface area contributed by atoms with Gasteiger partial charge < -0.3 is 10.2 Å². The van der Waals surface area contributed by atoms with Crippen molar-refractivity contribution in [2.24, 2.45) is 5.92 Å². The van der Waals surface area contributed by atoms with Crippen LogP contribution in [0.4, 0.5) is 10.1 Å². The normalized spacial score (nSPS) is 18.8. The average Bonchev–Trinajstić information content (AvgIpc) is 2.41. The quantitative estimate of drug-likeness (QED) is 0.909. The molecule has 0 aliphatic carbocycles. The van der Waals surface area contributed by atoms with Crippen molar-refractivity contribution >= 4 is 5.69 Å². The second-order valence-electron chi connectivity index (χ2n) is 5.38. The smallest absolute Gasteiger partial charge is 0.141 e. The van der Waals surface area contributed by atoms with Crippen LogP contribution >= 0.6 is 0 Å². The van der Waals surface area contributed by atoms with E-state index in [9.17, 15) is 4.39 Å². The molecule has 0 bridgehead atoms. The summed E-state index contributed by atoms with van der Waals surface area (Å²) in [6, 6.07) is 6.84. The van der Waals surface area contributed by atoms with Crippen LogP contribution in [0.5, 0.6) is 0 Å². The molecule has 0 radical (unpaired) electrons. The molecular formula is C15H20FN3. The molecule has 1 N–H and O–H groups in total. The van der Waals surface area contributed by atoms with Gasteiger partial charge in [-0.3, -0.25) is 0 Å². The molecule has 102 valence electrons. The highest BCUT2D eigenvalue weighted by atomic mass is 19.1. The Hall–Kier alpha value is -1.60. The van der Waals surface area contributed by atoms with Gasteiger partial charge in [-0.2, -0.15) is 5.26 Å². The topological polar surface area (TPSA) is 39.1 Å². The molecule has 1 aromatic carbocycles. The minimum Gasteiger partial charge on any atom is -0.382 e. The first-order chi connectivity index (χ1) is 9.10. The Morgan fingerprint density at radius 1 is 1.42 bits per heavy atom. The van der Waals surface area contributed by atoms with Crippen molar-refractivity contribution in [2.75, 3.05) is 25.5 Å². The molecule has 0 amide bonds. The third-order valence-electron chi connectivity index (χ3n) is 3.95. The largest absolute Gasteiger partial charge is 0.382 e. The minimum absolute atomic E-state index is 0.0978. The number of nitrogens with zero attached hydrogens (tertiary/aromatic N) is 2. The summed E-state index contributed by atoms with van der Waals surface area (Å²) in [4.78, 5) is 2.34. The third kappa shape index (κ3) is 3.45. The summed E-state index contributed by atoms with van der Waals surface area (Å²) in [5, 5.41) is 12.2. The Morgan fingerprint density at radius 3 is 2.74 bits per heavy atom. The molecule has 2 rings (SSSR count). The van der Waals surface area contributed by atoms with Crippen molar-refractivity contribution in [2.45, 2.75) is 25.8 Å². The first kappa shape index (κ1) is 13.8. The van der Waals surface area contributed by atoms with Crippen molar-refractivity contribution in [1.29, 1.82) is 5.26 Å². The Balaban J connectivity index is 1.99. The van der Waals surface area contributed by atoms with E-state index in [2.05, 4.69) is 24.2 Å². The fourth-order valence-corrected chi connectivity index (χ4v) is 2.61. The summed E-state index contributed by atoms with van der Waals surface area (Å²) in [6.45, 7) is 4.42. The number of hydrogen-bond donors (Lipinski definition) is 1. The SMILES string of the molecule is CC(Nc1ccc(F)c(C#N)c1)C1CCN(C)CC1. The van der Waals surface area contributed by atoms with Crippen LogP contribution < -0.4 is 5.32 Å². The molecule has 19 heavy (non-hydrogen) atoms. The number of halogens is 1. The monoisotopic (exact) mass is 261 g/mol. The van der Waals surface area contributed by atoms with Gasteiger partial charge in [0.1, 0.15) is 11.9 Å². The zero-order chi connectivity index (χ0) is 13.8. The van der Waals surface area contributed by atoms with E-state index >= 15 is 0 Å². The zero-order valence-corrected chi connectivity index (χ0v) is 11.5. The fourth-order valence-electron chi connectivity index (χ4n) is 2.61. The standard InChI is InChI=1S/C15H20FN3/c1-11(12-5-7-19(2)8-6-12)18-14-3-4-15(16)13(9-14)10-17/h3-4,9,11-12,18H,5-8H2,1-2H3. The van der Waals surface area contributed by atoms with Crippen LogP contribution in [0.3, 0.4) is 0 Å². The number of nitrogens with one attached hydrogen (secondary N) is 1. The number of piperidine rings is 1. The van der Waals surface area contributed by atoms with Crippen molar-refractivity contribution < 1.29 is 4.39 Å². The first-order valence-corrected chi connectivity index (χ1v) is 6.75. The lowest BCUT2D eigenvalue weighted by Gasteiger charge is -2.33. The Bertz CT molecular complexity index is 473. The minimum atomic E-state index is -0.458. The Kier molecular flexibility index (Phi) is 4.39. The summed E-state index contributed by atoms with van der Waals surface area (Å²) < 4.78 is 13.2. The van der Waals surface area contributed by atoms with Crippen LogP contribution in [-0.2, 0) is 0 Å². The second kappa shape index (κ2) is 6.03. The zero-order valence-electron chi connectivity index (χ0n) is 11.5. The van der Waals surface area contributed by atoms with Gasteiger partial charge in [0.15, 0.2) is 0 Å². The van der Waals surface area contributed by atoms with E-state index in [1.807, 2.05) is 6.07 Å². The molecule has 1 atom stereocenters. The van der Waals surface area contributed by atoms with Gasteiger partial charge >= 0.3 is 0 Å². The predicted molar refractivity (Wildman–Crippen MR) is 74.4 cm³/mol. The predicted octanol–water partition coefficient (Wildman–Crippen LogP) is 2.84. The van der Waals surface area contributed by atoms with Gasteiger partial charge in [-0.25, -0.2) is 4.39 Å². The lowest BCUT2D eigenvalue weighted by molar-refractivity contribution is 0.208. The van der Waals surface area contributed by atoms with Gasteiger partial charge in [0.05, 0.1) is 5.56 Å². The highest BCUT2D eigenvalue weighted by molar-refractivity contribution is 5.50. The Morgan fingerprint density at radius 2 is 2.11 bits per heavy atom. The van der Waals surface area contributed by atoms with Gasteiger partial charge in [-0.1, -0.05) is 0 Å². The lowest BCUT2D eigenvalue weighted by atomic mass is 9.90. The van der Waals surface area contributed by atoms with Crippen LogP contribution in [0, 0.1) is 23.1 Å². The molecule has 0 spiro atoms. The molecule has 0 aromatic heterocycles. The average molecular weight is 261 g/mol. The maximum Gasteiger partial charge on any atom is 0.141 e. The van der Waals surface area contributed by atoms with Crippen LogP contribution in [0.1, 0.15) is 25.3 Å². The van der Waals surface area contributed by atoms with Gasteiger partial charge in [0.25, 0.3) is 0 Å². The molecule has 1 aliphatic rings. The van der Waals surface area contributed by atoms with Crippen LogP contribution in [0.15, 0.2) is 18.2 Å². The summed E-state index contributed by atoms with van der Waals surface area (Å²) in [6.07, 6.45) is 2.36. The summed E-state index contributed by atoms with van der Waals surface area (Å²) in [5.41, 5.74) is 0.921. The number of benzene rings is 1. The van der Waals surface area contributed by atoms with Crippen molar-refractivity contribution in [1.82, 2.24) is 4.90 Å². The molecule has 1 saturated heterocycles. The Labute approximate surface area is 114 Å². The van der Waals surface area contributed by atoms with Gasteiger partial charge in [-0.15, -0.1) is 0 Å². The first-order valence-electron chi connectivity index (χ1n) is 6.75. The molecule has 3 nitrogen and oxygen atoms in total. The van der Waals surface area contributed by atoms with Crippen LogP contribution in [-0.4, -0.2) is 31.1 Å². The molecule has 1 heterocycles. The molecule has 1 unspecified atom stereocenters. The molecule has 0 saturated carbocycles. The number of anilines is 1. The van der Waals surface area contributed by atoms with Gasteiger partial charge in [0, 0.05) is 11.7 Å². The van der Waals surface area contributed by atoms with E-state index in [-0.39, 0.29) is 5.56 Å². The van der Waals surface area contributed by atoms with E-state index < -0.39 is 5.82 Å². The molecular weight excluding hydrogens is 241 g/mol. The van der Waals surface area contributed by atoms with Crippen LogP contribution in [0.2, 0.25) is 0 Å². The summed E-state index contributed by atoms with van der Waals surface area (Å²) >= 11 is 0. The molecule has 1 aromatic rings. The maximum absolute atomic E-state index is 13.2. The van der Waals surface area contributed by atoms with Crippen LogP contribution in [0.25, 0.3) is 0 Å². The van der Waals surface area contributed by atoms with E-state index in [4.69, 9.17) is 5.26 Å². The lowest BCUT2D eigenvalue weighted by Crippen LogP contribution is -2.37. The van der Waals surface area contributed by atoms with Crippen molar-refractivity contribution in [3.63, 3.8) is 0 Å². The van der Waals surface area contributed by atoms with E-state index in [0.29, 0.717) is 12.0 Å². The van der Waals surface area contributed by atoms with Crippen molar-refractivity contribution in [3.8, 4) is 6.07 Å². The molecule has 1 aliphatic heterocycles. The summed E-state index contributed by atoms with van der Waals surface area (Å²) in [7, 11) is 2.15. The van der Waals surface area contributed by atoms with E-state index in [1.54, 1.807) is 12.1 Å². The fraction of sp³-hybridized carbons (Fsp3) is 0.533. The highest BCUT2D eigenvalue weighted by Gasteiger charge is 2.22. The number of likely N-dealkylation sites (tertiary alicyclic amines) is 1. The second-order valence-corrected chi connectivity index (χ2v) is 5.38. The third-order valence-corrected chi connectivity index (χ3v) is 3.95.